The Balaban J connectivity index is 2.77. The standard InChI is InChI=1S/C13H19NO2/c1-9-3-4-11(7-10(9)2)8-12(5-6-14)13(15)16/h3-4,7,12H,5-6,8,14H2,1-2H3,(H,15,16). The van der Waals surface area contributed by atoms with E-state index in [0.29, 0.717) is 19.4 Å². The molecule has 1 aromatic carbocycles. The van der Waals surface area contributed by atoms with Crippen molar-refractivity contribution in [3.8, 4) is 0 Å². The van der Waals surface area contributed by atoms with Crippen molar-refractivity contribution in [2.45, 2.75) is 26.7 Å². The van der Waals surface area contributed by atoms with Gasteiger partial charge in [-0.1, -0.05) is 18.2 Å². The fourth-order valence-electron chi connectivity index (χ4n) is 1.73. The van der Waals surface area contributed by atoms with Crippen LogP contribution in [0.5, 0.6) is 0 Å². The van der Waals surface area contributed by atoms with Crippen molar-refractivity contribution >= 4 is 5.97 Å². The highest BCUT2D eigenvalue weighted by Crippen LogP contribution is 2.16. The summed E-state index contributed by atoms with van der Waals surface area (Å²) in [5, 5.41) is 9.03. The Morgan fingerprint density at radius 2 is 2.06 bits per heavy atom. The van der Waals surface area contributed by atoms with Gasteiger partial charge in [0.1, 0.15) is 0 Å². The zero-order valence-corrected chi connectivity index (χ0v) is 9.86. The lowest BCUT2D eigenvalue weighted by molar-refractivity contribution is -0.141. The van der Waals surface area contributed by atoms with E-state index in [1.165, 1.54) is 11.1 Å². The Kier molecular flexibility index (Phi) is 4.50. The van der Waals surface area contributed by atoms with E-state index < -0.39 is 5.97 Å². The topological polar surface area (TPSA) is 63.3 Å². The molecule has 0 saturated carbocycles. The van der Waals surface area contributed by atoms with Crippen LogP contribution in [0.2, 0.25) is 0 Å². The third kappa shape index (κ3) is 3.35. The lowest BCUT2D eigenvalue weighted by Crippen LogP contribution is -2.20. The largest absolute Gasteiger partial charge is 0.481 e. The second-order valence-corrected chi connectivity index (χ2v) is 4.24. The molecule has 0 fully saturated rings. The SMILES string of the molecule is Cc1ccc(CC(CCN)C(=O)O)cc1C. The van der Waals surface area contributed by atoms with E-state index in [2.05, 4.69) is 6.07 Å². The molecule has 88 valence electrons. The van der Waals surface area contributed by atoms with Crippen molar-refractivity contribution in [3.63, 3.8) is 0 Å². The summed E-state index contributed by atoms with van der Waals surface area (Å²) in [5.74, 6) is -1.13. The number of benzene rings is 1. The summed E-state index contributed by atoms with van der Waals surface area (Å²) in [4.78, 5) is 11.0. The molecule has 0 heterocycles. The minimum atomic E-state index is -0.760. The molecule has 0 aliphatic heterocycles. The maximum Gasteiger partial charge on any atom is 0.306 e. The van der Waals surface area contributed by atoms with Gasteiger partial charge in [-0.05, 0) is 49.9 Å². The van der Waals surface area contributed by atoms with E-state index in [9.17, 15) is 4.79 Å². The van der Waals surface area contributed by atoms with Crippen LogP contribution in [0.15, 0.2) is 18.2 Å². The van der Waals surface area contributed by atoms with Gasteiger partial charge in [0.2, 0.25) is 0 Å². The second kappa shape index (κ2) is 5.66. The first kappa shape index (κ1) is 12.7. The molecule has 0 aromatic heterocycles. The molecule has 3 heteroatoms. The first-order chi connectivity index (χ1) is 7.54. The molecule has 0 spiro atoms. The van der Waals surface area contributed by atoms with Gasteiger partial charge in [-0.2, -0.15) is 0 Å². The van der Waals surface area contributed by atoms with Crippen molar-refractivity contribution < 1.29 is 9.90 Å². The molecule has 0 radical (unpaired) electrons. The minimum Gasteiger partial charge on any atom is -0.481 e. The number of aliphatic carboxylic acids is 1. The van der Waals surface area contributed by atoms with Gasteiger partial charge in [-0.15, -0.1) is 0 Å². The Bertz CT molecular complexity index is 374. The van der Waals surface area contributed by atoms with Crippen molar-refractivity contribution in [2.24, 2.45) is 11.7 Å². The highest BCUT2D eigenvalue weighted by molar-refractivity contribution is 5.70. The van der Waals surface area contributed by atoms with Crippen molar-refractivity contribution in [2.75, 3.05) is 6.54 Å². The molecule has 1 aromatic rings. The summed E-state index contributed by atoms with van der Waals surface area (Å²) < 4.78 is 0. The van der Waals surface area contributed by atoms with E-state index in [4.69, 9.17) is 10.8 Å². The van der Waals surface area contributed by atoms with Crippen LogP contribution < -0.4 is 5.73 Å². The highest BCUT2D eigenvalue weighted by atomic mass is 16.4. The van der Waals surface area contributed by atoms with Crippen LogP contribution in [0.4, 0.5) is 0 Å². The molecule has 0 saturated heterocycles. The molecular formula is C13H19NO2. The van der Waals surface area contributed by atoms with Gasteiger partial charge in [0, 0.05) is 0 Å². The average molecular weight is 221 g/mol. The average Bonchev–Trinajstić information content (AvgIpc) is 2.22. The lowest BCUT2D eigenvalue weighted by Gasteiger charge is -2.12. The zero-order valence-electron chi connectivity index (χ0n) is 9.86. The predicted molar refractivity (Wildman–Crippen MR) is 64.4 cm³/mol. The van der Waals surface area contributed by atoms with Crippen molar-refractivity contribution in [1.29, 1.82) is 0 Å². The first-order valence-corrected chi connectivity index (χ1v) is 5.53. The number of carboxylic acids is 1. The summed E-state index contributed by atoms with van der Waals surface area (Å²) in [6, 6.07) is 6.09. The van der Waals surface area contributed by atoms with E-state index in [1.807, 2.05) is 26.0 Å². The molecule has 0 amide bonds. The Hall–Kier alpha value is -1.35. The number of carbonyl (C=O) groups is 1. The van der Waals surface area contributed by atoms with Gasteiger partial charge in [0.05, 0.1) is 5.92 Å². The molecule has 0 aliphatic carbocycles. The van der Waals surface area contributed by atoms with Crippen molar-refractivity contribution in [3.05, 3.63) is 34.9 Å². The normalized spacial score (nSPS) is 12.4. The second-order valence-electron chi connectivity index (χ2n) is 4.24. The quantitative estimate of drug-likeness (QED) is 0.798. The van der Waals surface area contributed by atoms with Gasteiger partial charge in [0.15, 0.2) is 0 Å². The molecule has 0 aliphatic rings. The Morgan fingerprint density at radius 3 is 2.56 bits per heavy atom. The maximum atomic E-state index is 11.0. The van der Waals surface area contributed by atoms with Gasteiger partial charge in [-0.25, -0.2) is 0 Å². The third-order valence-corrected chi connectivity index (χ3v) is 2.92. The molecule has 0 bridgehead atoms. The van der Waals surface area contributed by atoms with Gasteiger partial charge >= 0.3 is 5.97 Å². The van der Waals surface area contributed by atoms with Gasteiger partial charge in [0.25, 0.3) is 0 Å². The fourth-order valence-corrected chi connectivity index (χ4v) is 1.73. The lowest BCUT2D eigenvalue weighted by atomic mass is 9.94. The number of aryl methyl sites for hydroxylation is 2. The van der Waals surface area contributed by atoms with Crippen LogP contribution in [0.25, 0.3) is 0 Å². The van der Waals surface area contributed by atoms with Crippen LogP contribution in [0, 0.1) is 19.8 Å². The van der Waals surface area contributed by atoms with Crippen molar-refractivity contribution in [1.82, 2.24) is 0 Å². The Morgan fingerprint density at radius 1 is 1.38 bits per heavy atom. The third-order valence-electron chi connectivity index (χ3n) is 2.92. The van der Waals surface area contributed by atoms with E-state index >= 15 is 0 Å². The molecular weight excluding hydrogens is 202 g/mol. The summed E-state index contributed by atoms with van der Waals surface area (Å²) in [6.45, 7) is 4.51. The fraction of sp³-hybridized carbons (Fsp3) is 0.462. The van der Waals surface area contributed by atoms with E-state index in [1.54, 1.807) is 0 Å². The number of rotatable bonds is 5. The molecule has 1 rings (SSSR count). The van der Waals surface area contributed by atoms with Crippen LogP contribution in [-0.4, -0.2) is 17.6 Å². The molecule has 16 heavy (non-hydrogen) atoms. The minimum absolute atomic E-state index is 0.368. The smallest absolute Gasteiger partial charge is 0.306 e. The molecule has 1 atom stereocenters. The first-order valence-electron chi connectivity index (χ1n) is 5.53. The highest BCUT2D eigenvalue weighted by Gasteiger charge is 2.16. The summed E-state index contributed by atoms with van der Waals surface area (Å²) in [5.41, 5.74) is 8.92. The van der Waals surface area contributed by atoms with Crippen LogP contribution in [0.1, 0.15) is 23.1 Å². The summed E-state index contributed by atoms with van der Waals surface area (Å²) >= 11 is 0. The molecule has 1 unspecified atom stereocenters. The number of hydrogen-bond acceptors (Lipinski definition) is 2. The summed E-state index contributed by atoms with van der Waals surface area (Å²) in [7, 11) is 0. The van der Waals surface area contributed by atoms with Gasteiger partial charge < -0.3 is 10.8 Å². The predicted octanol–water partition coefficient (Wildman–Crippen LogP) is 1.90. The Labute approximate surface area is 96.3 Å². The molecule has 3 nitrogen and oxygen atoms in total. The van der Waals surface area contributed by atoms with Crippen LogP contribution in [-0.2, 0) is 11.2 Å². The van der Waals surface area contributed by atoms with E-state index in [-0.39, 0.29) is 5.92 Å². The van der Waals surface area contributed by atoms with Gasteiger partial charge in [-0.3, -0.25) is 4.79 Å². The van der Waals surface area contributed by atoms with Crippen LogP contribution in [0.3, 0.4) is 0 Å². The number of hydrogen-bond donors (Lipinski definition) is 2. The number of nitrogens with two attached hydrogens (primary N) is 1. The molecule has 3 N–H and O–H groups in total. The zero-order chi connectivity index (χ0) is 12.1. The van der Waals surface area contributed by atoms with E-state index in [0.717, 1.165) is 5.56 Å². The number of carboxylic acid groups (broad SMARTS) is 1. The summed E-state index contributed by atoms with van der Waals surface area (Å²) in [6.07, 6.45) is 1.09. The maximum absolute atomic E-state index is 11.0. The monoisotopic (exact) mass is 221 g/mol. The van der Waals surface area contributed by atoms with Crippen LogP contribution >= 0.6 is 0 Å².